The van der Waals surface area contributed by atoms with E-state index in [-0.39, 0.29) is 23.9 Å². The number of aromatic nitrogens is 1. The molecule has 0 aliphatic carbocycles. The number of carbonyl (C=O) groups is 1. The molecule has 1 aromatic heterocycles. The van der Waals surface area contributed by atoms with Crippen molar-refractivity contribution in [2.24, 2.45) is 11.7 Å². The maximum Gasteiger partial charge on any atom is 0.301 e. The third-order valence-corrected chi connectivity index (χ3v) is 2.59. The Labute approximate surface area is 102 Å². The van der Waals surface area contributed by atoms with Crippen LogP contribution in [0.15, 0.2) is 10.7 Å². The topological polar surface area (TPSA) is 81.2 Å². The zero-order valence-corrected chi connectivity index (χ0v) is 10.7. The lowest BCUT2D eigenvalue weighted by molar-refractivity contribution is -0.119. The van der Waals surface area contributed by atoms with Crippen molar-refractivity contribution >= 4 is 11.9 Å². The second-order valence-electron chi connectivity index (χ2n) is 4.59. The number of carbonyl (C=O) groups excluding carboxylic acids is 1. The zero-order valence-electron chi connectivity index (χ0n) is 10.7. The minimum absolute atomic E-state index is 0.0547. The first-order chi connectivity index (χ1) is 7.99. The lowest BCUT2D eigenvalue weighted by Crippen LogP contribution is -2.21. The molecule has 0 aliphatic heterocycles. The Bertz CT molecular complexity index is 360. The molecular formula is C12H21N3O2. The molecular weight excluding hydrogens is 218 g/mol. The maximum atomic E-state index is 11.8. The summed E-state index contributed by atoms with van der Waals surface area (Å²) in [7, 11) is 0. The highest BCUT2D eigenvalue weighted by Gasteiger charge is 2.15. The Hall–Kier alpha value is -1.36. The second kappa shape index (κ2) is 6.39. The molecule has 1 heterocycles. The molecule has 1 amide bonds. The van der Waals surface area contributed by atoms with Crippen molar-refractivity contribution in [1.29, 1.82) is 0 Å². The molecule has 2 atom stereocenters. The number of nitrogens with zero attached hydrogens (tertiary/aromatic N) is 1. The normalized spacial score (nSPS) is 14.4. The summed E-state index contributed by atoms with van der Waals surface area (Å²) in [6, 6.07) is 0.464. The van der Waals surface area contributed by atoms with Crippen molar-refractivity contribution < 1.29 is 9.21 Å². The Balaban J connectivity index is 2.32. The van der Waals surface area contributed by atoms with Crippen molar-refractivity contribution in [2.75, 3.05) is 5.32 Å². The van der Waals surface area contributed by atoms with Crippen LogP contribution < -0.4 is 11.1 Å². The van der Waals surface area contributed by atoms with E-state index in [0.29, 0.717) is 0 Å². The van der Waals surface area contributed by atoms with Crippen molar-refractivity contribution in [3.8, 4) is 0 Å². The Morgan fingerprint density at radius 3 is 2.76 bits per heavy atom. The molecule has 0 aromatic carbocycles. The SMILES string of the molecule is Cc1coc(NC(=O)C(C)CCCC(C)N)n1. The molecule has 0 fully saturated rings. The van der Waals surface area contributed by atoms with Crippen molar-refractivity contribution in [3.05, 3.63) is 12.0 Å². The number of hydrogen-bond acceptors (Lipinski definition) is 4. The van der Waals surface area contributed by atoms with Gasteiger partial charge in [0.2, 0.25) is 5.91 Å². The molecule has 1 rings (SSSR count). The van der Waals surface area contributed by atoms with Gasteiger partial charge in [0, 0.05) is 12.0 Å². The minimum Gasteiger partial charge on any atom is -0.432 e. The fraction of sp³-hybridized carbons (Fsp3) is 0.667. The highest BCUT2D eigenvalue weighted by Crippen LogP contribution is 2.13. The van der Waals surface area contributed by atoms with Crippen LogP contribution in [0.4, 0.5) is 6.01 Å². The van der Waals surface area contributed by atoms with Gasteiger partial charge in [-0.3, -0.25) is 10.1 Å². The van der Waals surface area contributed by atoms with Gasteiger partial charge in [-0.1, -0.05) is 13.3 Å². The third-order valence-electron chi connectivity index (χ3n) is 2.59. The summed E-state index contributed by atoms with van der Waals surface area (Å²) in [4.78, 5) is 15.8. The number of anilines is 1. The first-order valence-electron chi connectivity index (χ1n) is 5.97. The average molecular weight is 239 g/mol. The van der Waals surface area contributed by atoms with E-state index in [4.69, 9.17) is 10.2 Å². The standard InChI is InChI=1S/C12H21N3O2/c1-8(5-4-6-9(2)13)11(16)15-12-14-10(3)7-17-12/h7-9H,4-6,13H2,1-3H3,(H,14,15,16). The van der Waals surface area contributed by atoms with Gasteiger partial charge in [-0.2, -0.15) is 4.98 Å². The van der Waals surface area contributed by atoms with E-state index in [1.165, 1.54) is 6.26 Å². The minimum atomic E-state index is -0.0588. The van der Waals surface area contributed by atoms with Gasteiger partial charge in [-0.15, -0.1) is 0 Å². The van der Waals surface area contributed by atoms with Crippen LogP contribution in [0.3, 0.4) is 0 Å². The molecule has 0 spiro atoms. The summed E-state index contributed by atoms with van der Waals surface area (Å²) in [5.74, 6) is -0.113. The Kier molecular flexibility index (Phi) is 5.15. The van der Waals surface area contributed by atoms with Crippen LogP contribution in [0.25, 0.3) is 0 Å². The molecule has 5 heteroatoms. The summed E-state index contributed by atoms with van der Waals surface area (Å²) >= 11 is 0. The van der Waals surface area contributed by atoms with Crippen LogP contribution in [0.2, 0.25) is 0 Å². The van der Waals surface area contributed by atoms with E-state index >= 15 is 0 Å². The number of nitrogens with two attached hydrogens (primary N) is 1. The average Bonchev–Trinajstić information content (AvgIpc) is 2.63. The Morgan fingerprint density at radius 1 is 1.53 bits per heavy atom. The number of hydrogen-bond donors (Lipinski definition) is 2. The summed E-state index contributed by atoms with van der Waals surface area (Å²) in [6.45, 7) is 5.68. The molecule has 2 unspecified atom stereocenters. The number of aryl methyl sites for hydroxylation is 1. The molecule has 0 bridgehead atoms. The van der Waals surface area contributed by atoms with Crippen molar-refractivity contribution in [3.63, 3.8) is 0 Å². The molecule has 0 aliphatic rings. The summed E-state index contributed by atoms with van der Waals surface area (Å²) in [5.41, 5.74) is 6.41. The van der Waals surface area contributed by atoms with Crippen LogP contribution in [0.1, 0.15) is 38.8 Å². The molecule has 0 radical (unpaired) electrons. The van der Waals surface area contributed by atoms with Gasteiger partial charge in [0.15, 0.2) is 0 Å². The van der Waals surface area contributed by atoms with Crippen LogP contribution in [0, 0.1) is 12.8 Å². The van der Waals surface area contributed by atoms with Gasteiger partial charge in [0.05, 0.1) is 5.69 Å². The fourth-order valence-corrected chi connectivity index (χ4v) is 1.52. The fourth-order valence-electron chi connectivity index (χ4n) is 1.52. The first kappa shape index (κ1) is 13.7. The molecule has 3 N–H and O–H groups in total. The largest absolute Gasteiger partial charge is 0.432 e. The summed E-state index contributed by atoms with van der Waals surface area (Å²) < 4.78 is 5.06. The van der Waals surface area contributed by atoms with Gasteiger partial charge >= 0.3 is 6.01 Å². The van der Waals surface area contributed by atoms with Gasteiger partial charge < -0.3 is 10.2 Å². The van der Waals surface area contributed by atoms with E-state index < -0.39 is 0 Å². The van der Waals surface area contributed by atoms with E-state index in [9.17, 15) is 4.79 Å². The lowest BCUT2D eigenvalue weighted by Gasteiger charge is -2.10. The second-order valence-corrected chi connectivity index (χ2v) is 4.59. The Morgan fingerprint density at radius 2 is 2.24 bits per heavy atom. The maximum absolute atomic E-state index is 11.8. The van der Waals surface area contributed by atoms with E-state index in [1.807, 2.05) is 20.8 Å². The van der Waals surface area contributed by atoms with Crippen LogP contribution in [-0.4, -0.2) is 16.9 Å². The monoisotopic (exact) mass is 239 g/mol. The number of nitrogens with one attached hydrogen (secondary N) is 1. The highest BCUT2D eigenvalue weighted by molar-refractivity contribution is 5.90. The molecule has 0 saturated heterocycles. The predicted octanol–water partition coefficient (Wildman–Crippen LogP) is 2.08. The van der Waals surface area contributed by atoms with Crippen molar-refractivity contribution in [1.82, 2.24) is 4.98 Å². The smallest absolute Gasteiger partial charge is 0.301 e. The molecule has 17 heavy (non-hydrogen) atoms. The summed E-state index contributed by atoms with van der Waals surface area (Å²) in [5, 5.41) is 2.65. The van der Waals surface area contributed by atoms with Crippen LogP contribution in [-0.2, 0) is 4.79 Å². The third kappa shape index (κ3) is 4.99. The van der Waals surface area contributed by atoms with E-state index in [0.717, 1.165) is 25.0 Å². The van der Waals surface area contributed by atoms with E-state index in [2.05, 4.69) is 10.3 Å². The molecule has 96 valence electrons. The zero-order chi connectivity index (χ0) is 12.8. The number of oxazole rings is 1. The van der Waals surface area contributed by atoms with Gasteiger partial charge in [0.1, 0.15) is 6.26 Å². The molecule has 5 nitrogen and oxygen atoms in total. The van der Waals surface area contributed by atoms with Crippen LogP contribution in [0.5, 0.6) is 0 Å². The van der Waals surface area contributed by atoms with Gasteiger partial charge in [-0.25, -0.2) is 0 Å². The summed E-state index contributed by atoms with van der Waals surface area (Å²) in [6.07, 6.45) is 4.23. The predicted molar refractivity (Wildman–Crippen MR) is 66.5 cm³/mol. The number of amides is 1. The highest BCUT2D eigenvalue weighted by atomic mass is 16.4. The quantitative estimate of drug-likeness (QED) is 0.796. The lowest BCUT2D eigenvalue weighted by atomic mass is 10.0. The van der Waals surface area contributed by atoms with Gasteiger partial charge in [-0.05, 0) is 26.7 Å². The van der Waals surface area contributed by atoms with Gasteiger partial charge in [0.25, 0.3) is 0 Å². The number of rotatable bonds is 6. The first-order valence-corrected chi connectivity index (χ1v) is 5.97. The van der Waals surface area contributed by atoms with Crippen molar-refractivity contribution in [2.45, 2.75) is 46.1 Å². The van der Waals surface area contributed by atoms with E-state index in [1.54, 1.807) is 0 Å². The van der Waals surface area contributed by atoms with Crippen LogP contribution >= 0.6 is 0 Å². The molecule has 0 saturated carbocycles. The molecule has 1 aromatic rings.